The maximum atomic E-state index is 12.2. The van der Waals surface area contributed by atoms with E-state index in [4.69, 9.17) is 9.47 Å². The zero-order chi connectivity index (χ0) is 18.7. The van der Waals surface area contributed by atoms with E-state index in [0.29, 0.717) is 37.3 Å². The van der Waals surface area contributed by atoms with Crippen LogP contribution in [0.15, 0.2) is 24.3 Å². The number of benzene rings is 1. The van der Waals surface area contributed by atoms with Crippen molar-refractivity contribution in [2.45, 2.75) is 32.8 Å². The Balaban J connectivity index is 1.61. The fourth-order valence-electron chi connectivity index (χ4n) is 2.97. The van der Waals surface area contributed by atoms with Crippen molar-refractivity contribution in [2.24, 2.45) is 5.92 Å². The van der Waals surface area contributed by atoms with Crippen LogP contribution in [0.25, 0.3) is 11.0 Å². The third-order valence-corrected chi connectivity index (χ3v) is 4.23. The highest BCUT2D eigenvalue weighted by molar-refractivity contribution is 5.77. The van der Waals surface area contributed by atoms with Gasteiger partial charge < -0.3 is 19.7 Å². The van der Waals surface area contributed by atoms with Gasteiger partial charge in [-0.05, 0) is 45.2 Å². The molecule has 0 saturated carbocycles. The maximum absolute atomic E-state index is 12.2. The van der Waals surface area contributed by atoms with Crippen LogP contribution in [0.1, 0.15) is 27.2 Å². The molecule has 1 saturated heterocycles. The molecule has 1 aromatic carbocycles. The Hall–Kier alpha value is -2.57. The van der Waals surface area contributed by atoms with Crippen molar-refractivity contribution in [3.05, 3.63) is 24.3 Å². The predicted octanol–water partition coefficient (Wildman–Crippen LogP) is 3.31. The van der Waals surface area contributed by atoms with Gasteiger partial charge in [0.1, 0.15) is 5.60 Å². The summed E-state index contributed by atoms with van der Waals surface area (Å²) in [5.74, 6) is 1.44. The number of likely N-dealkylation sites (tertiary alicyclic amines) is 1. The van der Waals surface area contributed by atoms with E-state index in [1.54, 1.807) is 12.0 Å². The quantitative estimate of drug-likeness (QED) is 0.904. The first-order valence-electron chi connectivity index (χ1n) is 8.88. The maximum Gasteiger partial charge on any atom is 0.410 e. The number of ether oxygens (including phenoxy) is 2. The summed E-state index contributed by atoms with van der Waals surface area (Å²) >= 11 is 0. The molecule has 26 heavy (non-hydrogen) atoms. The van der Waals surface area contributed by atoms with E-state index in [-0.39, 0.29) is 6.09 Å². The van der Waals surface area contributed by atoms with E-state index >= 15 is 0 Å². The van der Waals surface area contributed by atoms with E-state index in [2.05, 4.69) is 15.3 Å². The second kappa shape index (κ2) is 7.35. The molecular weight excluding hydrogens is 332 g/mol. The van der Waals surface area contributed by atoms with Crippen LogP contribution in [-0.4, -0.2) is 53.3 Å². The second-order valence-corrected chi connectivity index (χ2v) is 7.53. The molecular formula is C19H26N4O3. The number of para-hydroxylation sites is 2. The fraction of sp³-hybridized carbons (Fsp3) is 0.526. The van der Waals surface area contributed by atoms with Crippen LogP contribution >= 0.6 is 0 Å². The van der Waals surface area contributed by atoms with Crippen molar-refractivity contribution in [3.63, 3.8) is 0 Å². The number of aromatic nitrogens is 2. The Kier molecular flexibility index (Phi) is 5.15. The minimum Gasteiger partial charge on any atom is -0.478 e. The van der Waals surface area contributed by atoms with Gasteiger partial charge in [-0.15, -0.1) is 0 Å². The lowest BCUT2D eigenvalue weighted by molar-refractivity contribution is 0.0289. The number of amides is 1. The molecule has 0 spiro atoms. The number of carbonyl (C=O) groups excluding carboxylic acids is 1. The van der Waals surface area contributed by atoms with Gasteiger partial charge in [-0.2, -0.15) is 0 Å². The largest absolute Gasteiger partial charge is 0.478 e. The zero-order valence-electron chi connectivity index (χ0n) is 15.8. The summed E-state index contributed by atoms with van der Waals surface area (Å²) in [5, 5.41) is 3.33. The van der Waals surface area contributed by atoms with Gasteiger partial charge >= 0.3 is 6.09 Å². The molecule has 3 rings (SSSR count). The molecule has 1 atom stereocenters. The van der Waals surface area contributed by atoms with Crippen molar-refractivity contribution < 1.29 is 14.3 Å². The number of methoxy groups -OCH3 is 1. The van der Waals surface area contributed by atoms with Gasteiger partial charge in [0.2, 0.25) is 0 Å². The number of carbonyl (C=O) groups is 1. The predicted molar refractivity (Wildman–Crippen MR) is 100 cm³/mol. The number of hydrogen-bond acceptors (Lipinski definition) is 6. The van der Waals surface area contributed by atoms with Crippen LogP contribution in [0, 0.1) is 5.92 Å². The molecule has 1 fully saturated rings. The average Bonchev–Trinajstić information content (AvgIpc) is 3.07. The van der Waals surface area contributed by atoms with Crippen molar-refractivity contribution in [1.82, 2.24) is 14.9 Å². The molecule has 0 bridgehead atoms. The molecule has 7 heteroatoms. The topological polar surface area (TPSA) is 76.6 Å². The van der Waals surface area contributed by atoms with Crippen molar-refractivity contribution in [2.75, 3.05) is 32.1 Å². The van der Waals surface area contributed by atoms with Gasteiger partial charge in [-0.3, -0.25) is 0 Å². The molecule has 1 N–H and O–H groups in total. The Bertz CT molecular complexity index is 788. The van der Waals surface area contributed by atoms with Gasteiger partial charge in [-0.1, -0.05) is 12.1 Å². The monoisotopic (exact) mass is 358 g/mol. The fourth-order valence-corrected chi connectivity index (χ4v) is 2.97. The first kappa shape index (κ1) is 18.2. The summed E-state index contributed by atoms with van der Waals surface area (Å²) < 4.78 is 10.8. The smallest absolute Gasteiger partial charge is 0.410 e. The lowest BCUT2D eigenvalue weighted by atomic mass is 10.1. The molecule has 1 aromatic heterocycles. The summed E-state index contributed by atoms with van der Waals surface area (Å²) in [5.41, 5.74) is 1.14. The highest BCUT2D eigenvalue weighted by Gasteiger charge is 2.29. The van der Waals surface area contributed by atoms with E-state index in [1.807, 2.05) is 45.0 Å². The molecule has 1 unspecified atom stereocenters. The van der Waals surface area contributed by atoms with Crippen molar-refractivity contribution >= 4 is 22.9 Å². The third-order valence-electron chi connectivity index (χ3n) is 4.23. The average molecular weight is 358 g/mol. The Morgan fingerprint density at radius 2 is 1.96 bits per heavy atom. The Morgan fingerprint density at radius 1 is 1.27 bits per heavy atom. The van der Waals surface area contributed by atoms with Crippen LogP contribution in [0.3, 0.4) is 0 Å². The van der Waals surface area contributed by atoms with Crippen molar-refractivity contribution in [1.29, 1.82) is 0 Å². The highest BCUT2D eigenvalue weighted by atomic mass is 16.6. The molecule has 1 amide bonds. The van der Waals surface area contributed by atoms with E-state index in [1.165, 1.54) is 0 Å². The number of nitrogens with zero attached hydrogens (tertiary/aromatic N) is 3. The number of nitrogens with one attached hydrogen (secondary N) is 1. The number of rotatable bonds is 4. The van der Waals surface area contributed by atoms with Crippen molar-refractivity contribution in [3.8, 4) is 5.88 Å². The van der Waals surface area contributed by atoms with Gasteiger partial charge in [0.05, 0.1) is 18.1 Å². The molecule has 1 aliphatic heterocycles. The standard InChI is InChI=1S/C19H26N4O3/c1-19(2,3)26-18(24)23-10-9-13(12-23)11-20-16-17(25-4)22-15-8-6-5-7-14(15)21-16/h5-8,13H,9-12H2,1-4H3,(H,20,21). The SMILES string of the molecule is COc1nc2ccccc2nc1NCC1CCN(C(=O)OC(C)(C)C)C1. The molecule has 0 aliphatic carbocycles. The zero-order valence-corrected chi connectivity index (χ0v) is 15.8. The molecule has 1 aliphatic rings. The summed E-state index contributed by atoms with van der Waals surface area (Å²) in [4.78, 5) is 23.0. The van der Waals surface area contributed by atoms with Gasteiger partial charge in [0.15, 0.2) is 5.82 Å². The first-order chi connectivity index (χ1) is 12.4. The number of anilines is 1. The summed E-state index contributed by atoms with van der Waals surface area (Å²) in [7, 11) is 1.59. The molecule has 7 nitrogen and oxygen atoms in total. The second-order valence-electron chi connectivity index (χ2n) is 7.53. The third kappa shape index (κ3) is 4.33. The summed E-state index contributed by atoms with van der Waals surface area (Å²) in [6, 6.07) is 7.69. The van der Waals surface area contributed by atoms with Gasteiger partial charge in [-0.25, -0.2) is 14.8 Å². The van der Waals surface area contributed by atoms with E-state index < -0.39 is 5.60 Å². The summed E-state index contributed by atoms with van der Waals surface area (Å²) in [6.45, 7) is 7.72. The molecule has 140 valence electrons. The highest BCUT2D eigenvalue weighted by Crippen LogP contribution is 2.25. The van der Waals surface area contributed by atoms with E-state index in [0.717, 1.165) is 17.5 Å². The van der Waals surface area contributed by atoms with Crippen LogP contribution in [0.5, 0.6) is 5.88 Å². The summed E-state index contributed by atoms with van der Waals surface area (Å²) in [6.07, 6.45) is 0.679. The lowest BCUT2D eigenvalue weighted by Gasteiger charge is -2.24. The van der Waals surface area contributed by atoms with Crippen LogP contribution in [0.2, 0.25) is 0 Å². The molecule has 2 aromatic rings. The van der Waals surface area contributed by atoms with Gasteiger partial charge in [0.25, 0.3) is 5.88 Å². The Morgan fingerprint density at radius 3 is 2.62 bits per heavy atom. The Labute approximate surface area is 153 Å². The number of fused-ring (bicyclic) bond motifs is 1. The minimum absolute atomic E-state index is 0.247. The van der Waals surface area contributed by atoms with Crippen LogP contribution in [-0.2, 0) is 4.74 Å². The molecule has 0 radical (unpaired) electrons. The van der Waals surface area contributed by atoms with Crippen LogP contribution < -0.4 is 10.1 Å². The van der Waals surface area contributed by atoms with Crippen LogP contribution in [0.4, 0.5) is 10.6 Å². The molecule has 2 heterocycles. The van der Waals surface area contributed by atoms with E-state index in [9.17, 15) is 4.79 Å². The normalized spacial score (nSPS) is 17.4. The minimum atomic E-state index is -0.471. The van der Waals surface area contributed by atoms with Gasteiger partial charge in [0, 0.05) is 19.6 Å². The first-order valence-corrected chi connectivity index (χ1v) is 8.88. The lowest BCUT2D eigenvalue weighted by Crippen LogP contribution is -2.35. The number of hydrogen-bond donors (Lipinski definition) is 1.